The van der Waals surface area contributed by atoms with Gasteiger partial charge in [-0.2, -0.15) is 0 Å². The van der Waals surface area contributed by atoms with E-state index in [0.717, 1.165) is 0 Å². The molecule has 0 aromatic rings. The van der Waals surface area contributed by atoms with E-state index < -0.39 is 6.89 Å². The maximum Gasteiger partial charge on any atom is -0.0144 e. The van der Waals surface area contributed by atoms with Crippen molar-refractivity contribution in [2.24, 2.45) is 0 Å². The maximum absolute atomic E-state index is 3.82. The molecule has 2 heteroatoms. The van der Waals surface area contributed by atoms with Gasteiger partial charge in [-0.25, -0.2) is 0 Å². The molecule has 0 aromatic carbocycles. The molecule has 0 rings (SSSR count). The van der Waals surface area contributed by atoms with Crippen LogP contribution >= 0.6 is 14.8 Å². The van der Waals surface area contributed by atoms with Crippen LogP contribution in [0.4, 0.5) is 0 Å². The molecule has 0 aliphatic heterocycles. The highest BCUT2D eigenvalue weighted by atomic mass is 31.2. The summed E-state index contributed by atoms with van der Waals surface area (Å²) >= 11 is 0. The van der Waals surface area contributed by atoms with Crippen molar-refractivity contribution < 1.29 is 0 Å². The van der Waals surface area contributed by atoms with Crippen molar-refractivity contribution in [3.05, 3.63) is 12.7 Å². The summed E-state index contributed by atoms with van der Waals surface area (Å²) in [6.45, 7) is 17.4. The van der Waals surface area contributed by atoms with Gasteiger partial charge in [-0.05, 0) is 37.7 Å². The molecule has 0 saturated heterocycles. The lowest BCUT2D eigenvalue weighted by Gasteiger charge is -2.30. The Morgan fingerprint density at radius 2 is 1.71 bits per heavy atom. The summed E-state index contributed by atoms with van der Waals surface area (Å²) in [6.07, 6.45) is 4.54. The Labute approximate surface area is 91.9 Å². The molecule has 0 N–H and O–H groups in total. The van der Waals surface area contributed by atoms with E-state index in [1.54, 1.807) is 0 Å². The first-order valence-electron chi connectivity index (χ1n) is 5.21. The van der Waals surface area contributed by atoms with E-state index in [4.69, 9.17) is 0 Å². The average Bonchev–Trinajstić information content (AvgIpc) is 1.93. The van der Waals surface area contributed by atoms with Crippen LogP contribution in [-0.2, 0) is 0 Å². The van der Waals surface area contributed by atoms with E-state index in [2.05, 4.69) is 59.0 Å². The van der Waals surface area contributed by atoms with Gasteiger partial charge in [-0.3, -0.25) is 0 Å². The lowest BCUT2D eigenvalue weighted by molar-refractivity contribution is 0.787. The molecule has 0 saturated carbocycles. The first-order valence-corrected chi connectivity index (χ1v) is 10.0. The van der Waals surface area contributed by atoms with E-state index in [-0.39, 0.29) is 7.92 Å². The Balaban J connectivity index is 4.66. The van der Waals surface area contributed by atoms with Crippen molar-refractivity contribution in [3.63, 3.8) is 0 Å². The number of hydrogen-bond acceptors (Lipinski definition) is 0. The Morgan fingerprint density at radius 1 is 1.21 bits per heavy atom. The topological polar surface area (TPSA) is 0 Å². The van der Waals surface area contributed by atoms with Crippen LogP contribution in [0.3, 0.4) is 0 Å². The minimum atomic E-state index is -0.739. The van der Waals surface area contributed by atoms with Crippen LogP contribution < -0.4 is 0 Å². The van der Waals surface area contributed by atoms with E-state index in [9.17, 15) is 0 Å². The summed E-state index contributed by atoms with van der Waals surface area (Å²) in [4.78, 5) is 0. The fourth-order valence-corrected chi connectivity index (χ4v) is 7.54. The highest BCUT2D eigenvalue weighted by molar-refractivity contribution is 7.92. The van der Waals surface area contributed by atoms with E-state index in [1.807, 2.05) is 0 Å². The Kier molecular flexibility index (Phi) is 5.71. The third kappa shape index (κ3) is 6.86. The summed E-state index contributed by atoms with van der Waals surface area (Å²) in [7, 11) is 0.0575. The number of hydrogen-bond donors (Lipinski definition) is 0. The molecule has 1 unspecified atom stereocenters. The molecule has 0 aromatic heterocycles. The molecule has 0 spiro atoms. The van der Waals surface area contributed by atoms with Crippen LogP contribution in [0.2, 0.25) is 0 Å². The van der Waals surface area contributed by atoms with Gasteiger partial charge in [0, 0.05) is 0 Å². The Bertz CT molecular complexity index is 219. The minimum absolute atomic E-state index is 0.0575. The molecule has 1 atom stereocenters. The monoisotopic (exact) mass is 232 g/mol. The summed E-state index contributed by atoms with van der Waals surface area (Å²) in [6, 6.07) is 0. The summed E-state index contributed by atoms with van der Waals surface area (Å²) < 4.78 is 0. The van der Waals surface area contributed by atoms with Crippen molar-refractivity contribution in [2.45, 2.75) is 32.3 Å². The maximum atomic E-state index is 3.82. The molecular formula is C12H26P2. The number of allylic oxidation sites excluding steroid dienone is 1. The zero-order valence-corrected chi connectivity index (χ0v) is 12.5. The average molecular weight is 232 g/mol. The fraction of sp³-hybridized carbons (Fsp3) is 0.750. The van der Waals surface area contributed by atoms with E-state index >= 15 is 0 Å². The van der Waals surface area contributed by atoms with Crippen molar-refractivity contribution >= 4 is 20.3 Å². The lowest BCUT2D eigenvalue weighted by Crippen LogP contribution is -2.14. The van der Waals surface area contributed by atoms with Crippen LogP contribution in [0, 0.1) is 0 Å². The second-order valence-electron chi connectivity index (χ2n) is 5.67. The van der Waals surface area contributed by atoms with Crippen LogP contribution in [0.1, 0.15) is 27.2 Å². The molecule has 0 aliphatic carbocycles. The number of rotatable bonds is 4. The lowest BCUT2D eigenvalue weighted by atomic mass is 10.3. The highest BCUT2D eigenvalue weighted by Gasteiger charge is 2.21. The molecule has 0 aliphatic rings. The molecular weight excluding hydrogens is 206 g/mol. The van der Waals surface area contributed by atoms with Gasteiger partial charge in [0.2, 0.25) is 0 Å². The van der Waals surface area contributed by atoms with Gasteiger partial charge in [0.15, 0.2) is 0 Å². The zero-order valence-electron chi connectivity index (χ0n) is 10.7. The van der Waals surface area contributed by atoms with E-state index in [0.29, 0.717) is 5.16 Å². The first kappa shape index (κ1) is 14.5. The first-order chi connectivity index (χ1) is 6.17. The van der Waals surface area contributed by atoms with Gasteiger partial charge in [0.05, 0.1) is 0 Å². The predicted octanol–water partition coefficient (Wildman–Crippen LogP) is 4.51. The van der Waals surface area contributed by atoms with Gasteiger partial charge in [0.1, 0.15) is 0 Å². The second-order valence-corrected chi connectivity index (χ2v) is 13.6. The van der Waals surface area contributed by atoms with Crippen LogP contribution in [0.25, 0.3) is 0 Å². The quantitative estimate of drug-likeness (QED) is 0.494. The van der Waals surface area contributed by atoms with Crippen molar-refractivity contribution in [1.29, 1.82) is 0 Å². The minimum Gasteiger partial charge on any atom is -0.113 e. The van der Waals surface area contributed by atoms with E-state index in [1.165, 1.54) is 12.6 Å². The zero-order chi connectivity index (χ0) is 11.4. The molecule has 0 fully saturated rings. The second kappa shape index (κ2) is 5.53. The van der Waals surface area contributed by atoms with Gasteiger partial charge >= 0.3 is 0 Å². The van der Waals surface area contributed by atoms with Crippen molar-refractivity contribution in [2.75, 3.05) is 26.2 Å². The van der Waals surface area contributed by atoms with Gasteiger partial charge < -0.3 is 0 Å². The SMILES string of the molecule is C=CCCP(C=P(C)(C)C)C(C)(C)C. The normalized spacial score (nSPS) is 15.0. The Hall–Kier alpha value is 0.470. The van der Waals surface area contributed by atoms with Crippen LogP contribution in [0.15, 0.2) is 12.7 Å². The Morgan fingerprint density at radius 3 is 2.00 bits per heavy atom. The largest absolute Gasteiger partial charge is 0.113 e. The summed E-state index contributed by atoms with van der Waals surface area (Å²) in [5.74, 6) is 0. The van der Waals surface area contributed by atoms with Crippen molar-refractivity contribution in [1.82, 2.24) is 0 Å². The highest BCUT2D eigenvalue weighted by Crippen LogP contribution is 2.53. The molecule has 0 bridgehead atoms. The van der Waals surface area contributed by atoms with Gasteiger partial charge in [-0.15, -0.1) is 13.5 Å². The summed E-state index contributed by atoms with van der Waals surface area (Å²) in [5, 5.41) is 0.464. The van der Waals surface area contributed by atoms with Crippen LogP contribution in [0.5, 0.6) is 0 Å². The molecule has 84 valence electrons. The third-order valence-electron chi connectivity index (χ3n) is 1.92. The molecule has 14 heavy (non-hydrogen) atoms. The van der Waals surface area contributed by atoms with Crippen LogP contribution in [-0.4, -0.2) is 36.9 Å². The molecule has 0 amide bonds. The summed E-state index contributed by atoms with van der Waals surface area (Å²) in [5.41, 5.74) is 2.67. The standard InChI is InChI=1S/C12H26P2/c1-8-9-10-13(12(2,3)4)11-14(5,6)7/h8,11H,1,9-10H2,2-7H3. The third-order valence-corrected chi connectivity index (χ3v) is 8.27. The van der Waals surface area contributed by atoms with Crippen molar-refractivity contribution in [3.8, 4) is 0 Å². The predicted molar refractivity (Wildman–Crippen MR) is 77.1 cm³/mol. The fourth-order valence-electron chi connectivity index (χ4n) is 1.21. The molecule has 0 radical (unpaired) electrons. The smallest absolute Gasteiger partial charge is 0.0144 e. The van der Waals surface area contributed by atoms with Gasteiger partial charge in [-0.1, -0.05) is 40.3 Å². The molecule has 0 heterocycles. The van der Waals surface area contributed by atoms with Gasteiger partial charge in [0.25, 0.3) is 0 Å². The molecule has 0 nitrogen and oxygen atoms in total.